The lowest BCUT2D eigenvalue weighted by atomic mass is 9.79. The van der Waals surface area contributed by atoms with Crippen LogP contribution in [0, 0.1) is 5.41 Å². The number of hydrogen-bond acceptors (Lipinski definition) is 4. The highest BCUT2D eigenvalue weighted by Crippen LogP contribution is 2.29. The largest absolute Gasteiger partial charge is 0.396 e. The molecule has 1 saturated heterocycles. The number of carbonyl (C=O) groups excluding carboxylic acids is 1. The van der Waals surface area contributed by atoms with Crippen molar-refractivity contribution in [2.45, 2.75) is 65.5 Å². The van der Waals surface area contributed by atoms with Gasteiger partial charge in [0, 0.05) is 32.0 Å². The molecular weight excluding hydrogens is 380 g/mol. The lowest BCUT2D eigenvalue weighted by molar-refractivity contribution is -0.124. The molecule has 7 nitrogen and oxygen atoms in total. The minimum atomic E-state index is -0.340. The fourth-order valence-electron chi connectivity index (χ4n) is 3.72. The summed E-state index contributed by atoms with van der Waals surface area (Å²) in [6, 6.07) is 7.77. The number of aliphatic hydroxyl groups is 1. The van der Waals surface area contributed by atoms with Gasteiger partial charge < -0.3 is 25.8 Å². The lowest BCUT2D eigenvalue weighted by Gasteiger charge is -2.32. The van der Waals surface area contributed by atoms with E-state index < -0.39 is 0 Å². The summed E-state index contributed by atoms with van der Waals surface area (Å²) in [6.07, 6.45) is 4.15. The number of ether oxygens (including phenoxy) is 1. The Balaban J connectivity index is 1.98. The maximum Gasteiger partial charge on any atom is 0.253 e. The molecule has 0 aromatic heterocycles. The number of rotatable bonds is 11. The highest BCUT2D eigenvalue weighted by molar-refractivity contribution is 5.94. The van der Waals surface area contributed by atoms with Crippen LogP contribution in [0.1, 0.15) is 58.4 Å². The summed E-state index contributed by atoms with van der Waals surface area (Å²) in [5, 5.41) is 19.1. The number of aliphatic hydroxyl groups excluding tert-OH is 1. The van der Waals surface area contributed by atoms with Crippen LogP contribution >= 0.6 is 0 Å². The first-order valence-electron chi connectivity index (χ1n) is 11.2. The van der Waals surface area contributed by atoms with Crippen molar-refractivity contribution in [2.24, 2.45) is 10.4 Å². The number of hydrogen-bond donors (Lipinski definition) is 4. The van der Waals surface area contributed by atoms with Crippen LogP contribution in [0.5, 0.6) is 0 Å². The molecule has 1 heterocycles. The molecule has 168 valence electrons. The molecule has 0 bridgehead atoms. The third-order valence-corrected chi connectivity index (χ3v) is 5.95. The highest BCUT2D eigenvalue weighted by atomic mass is 16.5. The van der Waals surface area contributed by atoms with Gasteiger partial charge in [0.1, 0.15) is 6.10 Å². The number of anilines is 1. The summed E-state index contributed by atoms with van der Waals surface area (Å²) < 4.78 is 5.45. The fourth-order valence-corrected chi connectivity index (χ4v) is 3.72. The van der Waals surface area contributed by atoms with Gasteiger partial charge in [-0.1, -0.05) is 26.0 Å². The number of carbonyl (C=O) groups is 1. The first-order chi connectivity index (χ1) is 14.6. The molecule has 0 aliphatic carbocycles. The zero-order valence-corrected chi connectivity index (χ0v) is 18.7. The Morgan fingerprint density at radius 3 is 2.70 bits per heavy atom. The number of nitrogens with one attached hydrogen (secondary N) is 3. The van der Waals surface area contributed by atoms with E-state index in [0.717, 1.165) is 62.4 Å². The van der Waals surface area contributed by atoms with Crippen molar-refractivity contribution in [3.63, 3.8) is 0 Å². The predicted molar refractivity (Wildman–Crippen MR) is 122 cm³/mol. The molecule has 0 radical (unpaired) electrons. The topological polar surface area (TPSA) is 95.0 Å². The second-order valence-corrected chi connectivity index (χ2v) is 7.92. The van der Waals surface area contributed by atoms with Gasteiger partial charge in [-0.05, 0) is 62.1 Å². The van der Waals surface area contributed by atoms with Gasteiger partial charge in [-0.15, -0.1) is 0 Å². The van der Waals surface area contributed by atoms with E-state index in [1.165, 1.54) is 0 Å². The Kier molecular flexibility index (Phi) is 10.1. The first kappa shape index (κ1) is 24.2. The van der Waals surface area contributed by atoms with Crippen LogP contribution in [-0.4, -0.2) is 49.4 Å². The van der Waals surface area contributed by atoms with E-state index in [9.17, 15) is 9.90 Å². The molecule has 4 N–H and O–H groups in total. The van der Waals surface area contributed by atoms with E-state index in [1.54, 1.807) is 0 Å². The minimum absolute atomic E-state index is 0.0669. The maximum atomic E-state index is 12.3. The molecule has 0 spiro atoms. The summed E-state index contributed by atoms with van der Waals surface area (Å²) in [4.78, 5) is 17.0. The third kappa shape index (κ3) is 7.29. The van der Waals surface area contributed by atoms with Crippen LogP contribution < -0.4 is 16.0 Å². The van der Waals surface area contributed by atoms with E-state index in [0.29, 0.717) is 13.2 Å². The van der Waals surface area contributed by atoms with Crippen LogP contribution in [-0.2, 0) is 16.1 Å². The molecule has 1 unspecified atom stereocenters. The fraction of sp³-hybridized carbons (Fsp3) is 0.652. The van der Waals surface area contributed by atoms with E-state index in [1.807, 2.05) is 31.2 Å². The lowest BCUT2D eigenvalue weighted by Crippen LogP contribution is -2.43. The van der Waals surface area contributed by atoms with Crippen molar-refractivity contribution in [2.75, 3.05) is 31.6 Å². The van der Waals surface area contributed by atoms with Crippen molar-refractivity contribution in [3.8, 4) is 0 Å². The van der Waals surface area contributed by atoms with Crippen LogP contribution in [0.2, 0.25) is 0 Å². The van der Waals surface area contributed by atoms with Gasteiger partial charge in [-0.25, -0.2) is 4.99 Å². The zero-order valence-electron chi connectivity index (χ0n) is 18.7. The normalized spacial score (nSPS) is 17.1. The van der Waals surface area contributed by atoms with Crippen molar-refractivity contribution in [1.29, 1.82) is 0 Å². The summed E-state index contributed by atoms with van der Waals surface area (Å²) >= 11 is 0. The maximum absolute atomic E-state index is 12.3. The molecular formula is C23H38N4O3. The molecule has 1 fully saturated rings. The molecule has 1 aromatic carbocycles. The first-order valence-corrected chi connectivity index (χ1v) is 11.2. The SMILES string of the molecule is CCNC(=NCc1cccc(NC(=O)C2CCCO2)c1)NCC(CC)(CC)CCO. The number of benzene rings is 1. The summed E-state index contributed by atoms with van der Waals surface area (Å²) in [5.74, 6) is 0.679. The van der Waals surface area contributed by atoms with Crippen molar-refractivity contribution < 1.29 is 14.6 Å². The molecule has 1 aliphatic rings. The standard InChI is InChI=1S/C23H38N4O3/c1-4-23(5-2,12-13-28)17-26-22(24-6-3)25-16-18-9-7-10-19(15-18)27-21(29)20-11-8-14-30-20/h7,9-10,15,20,28H,4-6,8,11-14,16-17H2,1-3H3,(H,27,29)(H2,24,25,26). The molecule has 1 amide bonds. The Morgan fingerprint density at radius 1 is 1.27 bits per heavy atom. The predicted octanol–water partition coefficient (Wildman–Crippen LogP) is 3.05. The van der Waals surface area contributed by atoms with Gasteiger partial charge in [0.2, 0.25) is 0 Å². The van der Waals surface area contributed by atoms with Gasteiger partial charge in [0.05, 0.1) is 6.54 Å². The van der Waals surface area contributed by atoms with E-state index in [2.05, 4.69) is 29.8 Å². The second-order valence-electron chi connectivity index (χ2n) is 7.92. The van der Waals surface area contributed by atoms with Crippen LogP contribution in [0.3, 0.4) is 0 Å². The second kappa shape index (κ2) is 12.5. The van der Waals surface area contributed by atoms with Crippen LogP contribution in [0.4, 0.5) is 5.69 Å². The quantitative estimate of drug-likeness (QED) is 0.327. The monoisotopic (exact) mass is 418 g/mol. The van der Waals surface area contributed by atoms with Crippen LogP contribution in [0.15, 0.2) is 29.3 Å². The summed E-state index contributed by atoms with van der Waals surface area (Å²) in [5.41, 5.74) is 1.85. The Bertz CT molecular complexity index is 683. The van der Waals surface area contributed by atoms with Gasteiger partial charge >= 0.3 is 0 Å². The average Bonchev–Trinajstić information content (AvgIpc) is 3.30. The van der Waals surface area contributed by atoms with Gasteiger partial charge in [-0.2, -0.15) is 0 Å². The molecule has 7 heteroatoms. The minimum Gasteiger partial charge on any atom is -0.396 e. The molecule has 1 atom stereocenters. The molecule has 1 aliphatic heterocycles. The summed E-state index contributed by atoms with van der Waals surface area (Å²) in [7, 11) is 0. The van der Waals surface area contributed by atoms with Gasteiger partial charge in [0.15, 0.2) is 5.96 Å². The number of aliphatic imine (C=N–C) groups is 1. The Labute approximate surface area is 180 Å². The molecule has 2 rings (SSSR count). The summed E-state index contributed by atoms with van der Waals surface area (Å²) in [6.45, 7) is 9.27. The Morgan fingerprint density at radius 2 is 2.07 bits per heavy atom. The van der Waals surface area contributed by atoms with Gasteiger partial charge in [0.25, 0.3) is 5.91 Å². The third-order valence-electron chi connectivity index (χ3n) is 5.95. The highest BCUT2D eigenvalue weighted by Gasteiger charge is 2.26. The smallest absolute Gasteiger partial charge is 0.253 e. The average molecular weight is 419 g/mol. The van der Waals surface area contributed by atoms with Crippen molar-refractivity contribution >= 4 is 17.6 Å². The van der Waals surface area contributed by atoms with Crippen molar-refractivity contribution in [3.05, 3.63) is 29.8 Å². The molecule has 30 heavy (non-hydrogen) atoms. The van der Waals surface area contributed by atoms with Crippen LogP contribution in [0.25, 0.3) is 0 Å². The number of guanidine groups is 1. The number of amides is 1. The Hall–Kier alpha value is -2.12. The molecule has 1 aromatic rings. The van der Waals surface area contributed by atoms with E-state index >= 15 is 0 Å². The number of nitrogens with zero attached hydrogens (tertiary/aromatic N) is 1. The molecule has 0 saturated carbocycles. The van der Waals surface area contributed by atoms with Crippen molar-refractivity contribution in [1.82, 2.24) is 10.6 Å². The van der Waals surface area contributed by atoms with E-state index in [4.69, 9.17) is 9.73 Å². The van der Waals surface area contributed by atoms with Gasteiger partial charge in [-0.3, -0.25) is 4.79 Å². The zero-order chi connectivity index (χ0) is 21.8. The van der Waals surface area contributed by atoms with E-state index in [-0.39, 0.29) is 24.0 Å².